The fourth-order valence-corrected chi connectivity index (χ4v) is 3.71. The number of esters is 1. The predicted molar refractivity (Wildman–Crippen MR) is 99.2 cm³/mol. The van der Waals surface area contributed by atoms with Gasteiger partial charge in [0.15, 0.2) is 0 Å². The summed E-state index contributed by atoms with van der Waals surface area (Å²) >= 11 is 0. The monoisotopic (exact) mass is 392 g/mol. The molecule has 1 heterocycles. The third-order valence-corrected chi connectivity index (χ3v) is 4.96. The number of pyridine rings is 1. The van der Waals surface area contributed by atoms with Gasteiger partial charge in [-0.15, -0.1) is 0 Å². The molecule has 0 amide bonds. The minimum Gasteiger partial charge on any atom is -0.465 e. The van der Waals surface area contributed by atoms with Crippen LogP contribution in [0.2, 0.25) is 0 Å². The molecule has 0 aliphatic heterocycles. The first-order valence-corrected chi connectivity index (χ1v) is 8.64. The van der Waals surface area contributed by atoms with E-state index in [1.165, 1.54) is 6.07 Å². The third kappa shape index (κ3) is 3.35. The van der Waals surface area contributed by atoms with E-state index in [4.69, 9.17) is 10.5 Å². The van der Waals surface area contributed by atoms with Crippen molar-refractivity contribution in [2.75, 3.05) is 13.7 Å². The van der Waals surface area contributed by atoms with Crippen molar-refractivity contribution >= 4 is 16.9 Å². The molecule has 3 N–H and O–H groups in total. The Morgan fingerprint density at radius 3 is 2.64 bits per heavy atom. The molecule has 1 aliphatic carbocycles. The van der Waals surface area contributed by atoms with E-state index >= 15 is 0 Å². The molecule has 1 atom stereocenters. The fourth-order valence-electron chi connectivity index (χ4n) is 3.71. The van der Waals surface area contributed by atoms with Crippen molar-refractivity contribution in [3.05, 3.63) is 69.5 Å². The minimum absolute atomic E-state index is 0.00169. The molecule has 148 valence electrons. The third-order valence-electron chi connectivity index (χ3n) is 4.96. The Hall–Kier alpha value is -2.87. The summed E-state index contributed by atoms with van der Waals surface area (Å²) in [4.78, 5) is 27.5. The van der Waals surface area contributed by atoms with Crippen molar-refractivity contribution in [2.24, 2.45) is 5.73 Å². The smallest absolute Gasteiger partial charge is 0.416 e. The van der Waals surface area contributed by atoms with Crippen LogP contribution < -0.4 is 11.3 Å². The van der Waals surface area contributed by atoms with Crippen LogP contribution in [0.15, 0.2) is 47.3 Å². The zero-order valence-electron chi connectivity index (χ0n) is 15.1. The maximum absolute atomic E-state index is 13.1. The maximum atomic E-state index is 13.1. The van der Waals surface area contributed by atoms with E-state index in [1.807, 2.05) is 18.2 Å². The Bertz CT molecular complexity index is 1040. The van der Waals surface area contributed by atoms with Gasteiger partial charge in [-0.3, -0.25) is 4.79 Å². The first kappa shape index (κ1) is 19.9. The molecule has 0 fully saturated rings. The van der Waals surface area contributed by atoms with Gasteiger partial charge in [-0.05, 0) is 37.1 Å². The van der Waals surface area contributed by atoms with Gasteiger partial charge in [0.05, 0.1) is 12.7 Å². The molecule has 0 saturated heterocycles. The summed E-state index contributed by atoms with van der Waals surface area (Å²) in [5, 5.41) is 0.349. The lowest BCUT2D eigenvalue weighted by atomic mass is 9.70. The molecule has 1 aromatic heterocycles. The van der Waals surface area contributed by atoms with Crippen LogP contribution in [0, 0.1) is 0 Å². The molecule has 2 aromatic rings. The second-order valence-corrected chi connectivity index (χ2v) is 6.64. The van der Waals surface area contributed by atoms with Crippen molar-refractivity contribution in [1.29, 1.82) is 0 Å². The number of rotatable bonds is 4. The predicted octanol–water partition coefficient (Wildman–Crippen LogP) is 3.44. The van der Waals surface area contributed by atoms with Gasteiger partial charge < -0.3 is 15.5 Å². The molecule has 8 heteroatoms. The molecular weight excluding hydrogens is 373 g/mol. The molecule has 1 aliphatic rings. The van der Waals surface area contributed by atoms with Gasteiger partial charge in [0.2, 0.25) is 0 Å². The van der Waals surface area contributed by atoms with E-state index < -0.39 is 28.7 Å². The Morgan fingerprint density at radius 1 is 1.32 bits per heavy atom. The number of H-pyrrole nitrogens is 1. The van der Waals surface area contributed by atoms with Gasteiger partial charge in [-0.1, -0.05) is 30.4 Å². The number of nitrogens with two attached hydrogens (primary N) is 1. The van der Waals surface area contributed by atoms with Gasteiger partial charge in [-0.25, -0.2) is 4.79 Å². The first-order chi connectivity index (χ1) is 13.2. The van der Waals surface area contributed by atoms with Gasteiger partial charge in [0.1, 0.15) is 5.56 Å². The SMILES string of the molecule is COC(=O)c1c(C2(CCN)C=CC=CC2)c2ccc(C(F)(F)F)cc2[nH]c1=O. The molecule has 0 saturated carbocycles. The zero-order valence-corrected chi connectivity index (χ0v) is 15.1. The summed E-state index contributed by atoms with van der Waals surface area (Å²) < 4.78 is 44.2. The molecule has 1 aromatic carbocycles. The van der Waals surface area contributed by atoms with Crippen LogP contribution in [-0.4, -0.2) is 24.6 Å². The standard InChI is InChI=1S/C20H19F3N2O3/c1-28-18(27)15-16(19(9-10-24)7-3-2-4-8-19)13-6-5-12(20(21,22)23)11-14(13)25-17(15)26/h2-7,11H,8-10,24H2,1H3,(H,25,26). The van der Waals surface area contributed by atoms with Crippen molar-refractivity contribution in [1.82, 2.24) is 4.98 Å². The molecule has 1 unspecified atom stereocenters. The van der Waals surface area contributed by atoms with Gasteiger partial charge >= 0.3 is 12.1 Å². The van der Waals surface area contributed by atoms with E-state index in [0.29, 0.717) is 23.8 Å². The molecule has 0 bridgehead atoms. The summed E-state index contributed by atoms with van der Waals surface area (Å²) in [6.07, 6.45) is 3.59. The van der Waals surface area contributed by atoms with Crippen molar-refractivity contribution in [3.8, 4) is 0 Å². The highest BCUT2D eigenvalue weighted by Gasteiger charge is 2.37. The van der Waals surface area contributed by atoms with Crippen LogP contribution in [0.1, 0.15) is 34.3 Å². The number of allylic oxidation sites excluding steroid dienone is 4. The van der Waals surface area contributed by atoms with E-state index in [-0.39, 0.29) is 17.6 Å². The van der Waals surface area contributed by atoms with Crippen LogP contribution in [0.5, 0.6) is 0 Å². The number of nitrogens with one attached hydrogen (secondary N) is 1. The molecule has 0 radical (unpaired) electrons. The summed E-state index contributed by atoms with van der Waals surface area (Å²) in [5.41, 5.74) is 3.41. The normalized spacial score (nSPS) is 19.2. The van der Waals surface area contributed by atoms with Crippen molar-refractivity contribution in [3.63, 3.8) is 0 Å². The number of alkyl halides is 3. The first-order valence-electron chi connectivity index (χ1n) is 8.64. The molecule has 0 spiro atoms. The summed E-state index contributed by atoms with van der Waals surface area (Å²) in [6, 6.07) is 3.09. The Kier molecular flexibility index (Phi) is 5.16. The quantitative estimate of drug-likeness (QED) is 0.781. The number of hydrogen-bond acceptors (Lipinski definition) is 4. The van der Waals surface area contributed by atoms with Crippen LogP contribution in [0.4, 0.5) is 13.2 Å². The van der Waals surface area contributed by atoms with Gasteiger partial charge in [0, 0.05) is 16.3 Å². The summed E-state index contributed by atoms with van der Waals surface area (Å²) in [6.45, 7) is 0.258. The highest BCUT2D eigenvalue weighted by atomic mass is 19.4. The number of aromatic amines is 1. The summed E-state index contributed by atoms with van der Waals surface area (Å²) in [7, 11) is 1.15. The number of carbonyl (C=O) groups is 1. The number of halogens is 3. The number of carbonyl (C=O) groups excluding carboxylic acids is 1. The van der Waals surface area contributed by atoms with Crippen molar-refractivity contribution in [2.45, 2.75) is 24.4 Å². The molecule has 5 nitrogen and oxygen atoms in total. The average Bonchev–Trinajstić information content (AvgIpc) is 2.66. The lowest BCUT2D eigenvalue weighted by Gasteiger charge is -2.34. The summed E-state index contributed by atoms with van der Waals surface area (Å²) in [5.74, 6) is -0.850. The van der Waals surface area contributed by atoms with Crippen LogP contribution in [-0.2, 0) is 16.3 Å². The Balaban J connectivity index is 2.43. The van der Waals surface area contributed by atoms with E-state index in [1.54, 1.807) is 6.08 Å². The number of hydrogen-bond donors (Lipinski definition) is 2. The topological polar surface area (TPSA) is 85.2 Å². The highest BCUT2D eigenvalue weighted by Crippen LogP contribution is 2.41. The highest BCUT2D eigenvalue weighted by molar-refractivity contribution is 5.98. The number of aromatic nitrogens is 1. The van der Waals surface area contributed by atoms with E-state index in [0.717, 1.165) is 19.2 Å². The van der Waals surface area contributed by atoms with E-state index in [9.17, 15) is 22.8 Å². The molecule has 28 heavy (non-hydrogen) atoms. The lowest BCUT2D eigenvalue weighted by Crippen LogP contribution is -2.34. The number of fused-ring (bicyclic) bond motifs is 1. The molecular formula is C20H19F3N2O3. The van der Waals surface area contributed by atoms with E-state index in [2.05, 4.69) is 4.98 Å². The van der Waals surface area contributed by atoms with Crippen LogP contribution >= 0.6 is 0 Å². The average molecular weight is 392 g/mol. The fraction of sp³-hybridized carbons (Fsp3) is 0.300. The van der Waals surface area contributed by atoms with Gasteiger partial charge in [0.25, 0.3) is 5.56 Å². The lowest BCUT2D eigenvalue weighted by molar-refractivity contribution is -0.137. The minimum atomic E-state index is -4.56. The van der Waals surface area contributed by atoms with Gasteiger partial charge in [-0.2, -0.15) is 13.2 Å². The Labute approximate surface area is 158 Å². The zero-order chi connectivity index (χ0) is 20.5. The maximum Gasteiger partial charge on any atom is 0.416 e. The second kappa shape index (κ2) is 7.27. The number of benzene rings is 1. The van der Waals surface area contributed by atoms with Crippen LogP contribution in [0.3, 0.4) is 0 Å². The largest absolute Gasteiger partial charge is 0.465 e. The molecule has 3 rings (SSSR count). The second-order valence-electron chi connectivity index (χ2n) is 6.64. The number of methoxy groups -OCH3 is 1. The Morgan fingerprint density at radius 2 is 2.07 bits per heavy atom. The van der Waals surface area contributed by atoms with Crippen LogP contribution in [0.25, 0.3) is 10.9 Å². The van der Waals surface area contributed by atoms with Crippen molar-refractivity contribution < 1.29 is 22.7 Å². The number of ether oxygens (including phenoxy) is 1.